The second kappa shape index (κ2) is 42.6. The lowest BCUT2D eigenvalue weighted by molar-refractivity contribution is 0.0494. The van der Waals surface area contributed by atoms with Gasteiger partial charge < -0.3 is 61.1 Å². The predicted octanol–water partition coefficient (Wildman–Crippen LogP) is 10.2. The van der Waals surface area contributed by atoms with Gasteiger partial charge in [0.25, 0.3) is 23.6 Å². The van der Waals surface area contributed by atoms with E-state index in [1.54, 1.807) is 181 Å². The Morgan fingerprint density at radius 1 is 0.474 bits per heavy atom. The van der Waals surface area contributed by atoms with Crippen molar-refractivity contribution in [2.75, 3.05) is 46.1 Å². The second-order valence-electron chi connectivity index (χ2n) is 23.2. The Kier molecular flexibility index (Phi) is 38.8. The van der Waals surface area contributed by atoms with E-state index < -0.39 is 65.0 Å². The summed E-state index contributed by atoms with van der Waals surface area (Å²) in [6, 6.07) is 33.0. The Hall–Kier alpha value is -8.63. The quantitative estimate of drug-likeness (QED) is 0.0133. The van der Waals surface area contributed by atoms with E-state index in [1.165, 1.54) is 9.80 Å². The second-order valence-corrected chi connectivity index (χ2v) is 24.1. The smallest absolute Gasteiger partial charge is 0.407 e. The van der Waals surface area contributed by atoms with Gasteiger partial charge in [0.15, 0.2) is 0 Å². The van der Waals surface area contributed by atoms with Crippen LogP contribution in [0.1, 0.15) is 214 Å². The van der Waals surface area contributed by atoms with Crippen molar-refractivity contribution in [3.63, 3.8) is 0 Å². The minimum absolute atomic E-state index is 0. The van der Waals surface area contributed by atoms with Crippen LogP contribution < -0.4 is 33.4 Å². The molecule has 524 valence electrons. The molecule has 26 heteroatoms. The number of rotatable bonds is 18. The Morgan fingerprint density at radius 3 is 1.06 bits per heavy atom. The fourth-order valence-electron chi connectivity index (χ4n) is 8.84. The highest BCUT2D eigenvalue weighted by Crippen LogP contribution is 2.36. The van der Waals surface area contributed by atoms with E-state index in [-0.39, 0.29) is 76.1 Å². The van der Waals surface area contributed by atoms with Gasteiger partial charge in [-0.2, -0.15) is 0 Å². The zero-order valence-corrected chi connectivity index (χ0v) is 57.6. The highest BCUT2D eigenvalue weighted by Gasteiger charge is 2.42. The van der Waals surface area contributed by atoms with Crippen molar-refractivity contribution in [1.82, 2.24) is 25.8 Å². The van der Waals surface area contributed by atoms with Crippen molar-refractivity contribution in [2.24, 2.45) is 17.4 Å². The van der Waals surface area contributed by atoms with Crippen LogP contribution in [0, 0.1) is 0 Å². The molecule has 2 aliphatic rings. The Morgan fingerprint density at radius 2 is 0.758 bits per heavy atom. The summed E-state index contributed by atoms with van der Waals surface area (Å²) < 4.78 is 26.6. The first-order chi connectivity index (χ1) is 43.8. The number of carbonyl (C=O) groups excluding carboxylic acids is 9. The number of nitrogens with one attached hydrogen (secondary N) is 3. The molecular formula is C69H99BrN8O17. The lowest BCUT2D eigenvalue weighted by Crippen LogP contribution is -2.38. The summed E-state index contributed by atoms with van der Waals surface area (Å²) in [5.74, 6) is 5.65. The van der Waals surface area contributed by atoms with Crippen LogP contribution in [0.4, 0.5) is 14.4 Å². The molecule has 5 aromatic carbocycles. The van der Waals surface area contributed by atoms with Crippen LogP contribution in [0.5, 0.6) is 0 Å². The van der Waals surface area contributed by atoms with Gasteiger partial charge in [0.2, 0.25) is 0 Å². The van der Waals surface area contributed by atoms with Crippen molar-refractivity contribution in [2.45, 2.75) is 152 Å². The molecule has 0 saturated heterocycles. The fourth-order valence-corrected chi connectivity index (χ4v) is 9.26. The fraction of sp³-hybridized carbons (Fsp3) is 0.435. The summed E-state index contributed by atoms with van der Waals surface area (Å²) in [6.07, 6.45) is -0.467. The van der Waals surface area contributed by atoms with Crippen molar-refractivity contribution in [3.8, 4) is 0 Å². The van der Waals surface area contributed by atoms with Crippen LogP contribution in [0.2, 0.25) is 0 Å². The summed E-state index contributed by atoms with van der Waals surface area (Å²) >= 11 is 3.44. The number of benzene rings is 5. The van der Waals surface area contributed by atoms with E-state index in [1.807, 2.05) is 30.3 Å². The molecule has 5 aromatic rings. The number of alkyl carbamates (subject to hydrolysis) is 3. The molecule has 2 heterocycles. The maximum atomic E-state index is 13.1. The highest BCUT2D eigenvalue weighted by molar-refractivity contribution is 9.10. The summed E-state index contributed by atoms with van der Waals surface area (Å²) in [4.78, 5) is 114. The van der Waals surface area contributed by atoms with Gasteiger partial charge in [-0.05, 0) is 187 Å². The van der Waals surface area contributed by atoms with E-state index >= 15 is 0 Å². The molecule has 7 amide bonds. The van der Waals surface area contributed by atoms with Crippen LogP contribution in [-0.4, -0.2) is 142 Å². The average molecular weight is 1390 g/mol. The van der Waals surface area contributed by atoms with Gasteiger partial charge in [0.05, 0.1) is 58.7 Å². The molecule has 7 rings (SSSR count). The van der Waals surface area contributed by atoms with Crippen LogP contribution >= 0.6 is 15.9 Å². The van der Waals surface area contributed by atoms with Gasteiger partial charge in [0.1, 0.15) is 16.8 Å². The van der Waals surface area contributed by atoms with Gasteiger partial charge in [-0.1, -0.05) is 84.0 Å². The molecule has 0 radical (unpaired) electrons. The maximum absolute atomic E-state index is 13.1. The molecule has 2 aliphatic heterocycles. The number of hydrazine groups is 1. The monoisotopic (exact) mass is 1390 g/mol. The minimum Gasteiger partial charge on any atom is -0.462 e. The number of nitrogens with zero attached hydrogens (tertiary/aromatic N) is 2. The van der Waals surface area contributed by atoms with Crippen molar-refractivity contribution in [3.05, 3.63) is 176 Å². The molecule has 0 aliphatic carbocycles. The van der Waals surface area contributed by atoms with Crippen molar-refractivity contribution >= 4 is 69.8 Å². The molecule has 13 N–H and O–H groups in total. The number of halogens is 1. The predicted molar refractivity (Wildman–Crippen MR) is 366 cm³/mol. The summed E-state index contributed by atoms with van der Waals surface area (Å²) in [7, 11) is 0. The highest BCUT2D eigenvalue weighted by atomic mass is 79.9. The largest absolute Gasteiger partial charge is 0.462 e. The molecule has 0 aromatic heterocycles. The van der Waals surface area contributed by atoms with E-state index in [4.69, 9.17) is 39.6 Å². The lowest BCUT2D eigenvalue weighted by Gasteiger charge is -2.27. The first-order valence-electron chi connectivity index (χ1n) is 30.3. The molecule has 25 nitrogen and oxygen atoms in total. The third-order valence-corrected chi connectivity index (χ3v) is 12.9. The summed E-state index contributed by atoms with van der Waals surface area (Å²) in [5.41, 5.74) is 8.78. The van der Waals surface area contributed by atoms with Crippen molar-refractivity contribution in [1.29, 1.82) is 0 Å². The van der Waals surface area contributed by atoms with Crippen LogP contribution in [-0.2, 0) is 23.7 Å². The van der Waals surface area contributed by atoms with E-state index in [0.717, 1.165) is 15.6 Å². The number of nitrogens with two attached hydrogens (primary N) is 3. The number of fused-ring (bicyclic) bond motifs is 2. The van der Waals surface area contributed by atoms with E-state index in [0.29, 0.717) is 64.9 Å². The molecule has 0 fully saturated rings. The number of aliphatic hydroxyl groups is 2. The molecule has 0 saturated carbocycles. The molecule has 0 spiro atoms. The normalized spacial score (nSPS) is 12.7. The van der Waals surface area contributed by atoms with Crippen molar-refractivity contribution < 1.29 is 82.5 Å². The van der Waals surface area contributed by atoms with Crippen LogP contribution in [0.3, 0.4) is 0 Å². The molecule has 95 heavy (non-hydrogen) atoms. The summed E-state index contributed by atoms with van der Waals surface area (Å²) in [5, 5.41) is 23.2. The minimum atomic E-state index is -0.707. The number of aliphatic hydroxyl groups excluding tert-OH is 2. The number of ether oxygens (including phenoxy) is 5. The number of amides is 7. The Bertz CT molecular complexity index is 3200. The van der Waals surface area contributed by atoms with Gasteiger partial charge in [0, 0.05) is 43.4 Å². The molecule has 0 bridgehead atoms. The lowest BCUT2D eigenvalue weighted by atomic mass is 9.99. The zero-order valence-electron chi connectivity index (χ0n) is 56.0. The number of hydrogen-bond donors (Lipinski definition) is 8. The number of imide groups is 2. The summed E-state index contributed by atoms with van der Waals surface area (Å²) in [6.45, 7) is 24.7. The molecular weight excluding hydrogens is 1290 g/mol. The zero-order chi connectivity index (χ0) is 70.2. The Labute approximate surface area is 566 Å². The van der Waals surface area contributed by atoms with Crippen LogP contribution in [0.15, 0.2) is 126 Å². The topological polar surface area (TPSA) is 392 Å². The van der Waals surface area contributed by atoms with E-state index in [2.05, 4.69) is 43.6 Å². The van der Waals surface area contributed by atoms with Crippen LogP contribution in [0.25, 0.3) is 0 Å². The standard InChI is InChI=1S/C25H28N2O6.C22H23BrN2O4.C17H26N2O4.2C2H6O.CH4.H4N2.H2O/c1-5-32-23(30)17-10-8-9-16(15-17)20(13-14-26-24(31)33-25(2,3)4)27-21(28)18-11-6-7-12-19(18)22(27)29;1-22(2,3)29-21(28)24-12-11-18(14-7-6-8-15(23)13-14)25-19(26)16-9-4-5-10-17(16)20(25)27;1-5-22-15(20)13-8-6-7-12(11-13)14(18)9-10-19-16(21)23-17(2,3)4;2*1-2-3;;1-2;/h6-12,15,20H,5,13-14H2,1-4H3,(H,26,31);4-10,13,18H,11-12H2,1-3H3,(H,24,28);6-8,11,14H,5,9-10,18H2,1-4H3,(H,19,21);2*3H,2H2,1H3;1H4;1-2H2;1H2. The maximum Gasteiger partial charge on any atom is 0.407 e. The van der Waals surface area contributed by atoms with Gasteiger partial charge >= 0.3 is 30.2 Å². The Balaban J connectivity index is 0.00000132. The third-order valence-electron chi connectivity index (χ3n) is 12.4. The first kappa shape index (κ1) is 86.4. The van der Waals surface area contributed by atoms with Gasteiger partial charge in [-0.15, -0.1) is 0 Å². The molecule has 3 unspecified atom stereocenters. The SMILES string of the molecule is C.CC(C)(C)OC(=O)NCCC(c1cccc(Br)c1)N1C(=O)c2ccccc2C1=O.CCO.CCO.CCOC(=O)c1cccc(C(CCNC(=O)OC(C)(C)C)N2C(=O)c3ccccc3C2=O)c1.CCOC(=O)c1cccc(C(N)CCNC(=O)OC(C)(C)C)c1.NN.O. The number of hydrogen-bond acceptors (Lipinski definition) is 19. The van der Waals surface area contributed by atoms with Gasteiger partial charge in [-0.25, -0.2) is 24.0 Å². The number of esters is 2. The number of carbonyl (C=O) groups is 9. The van der Waals surface area contributed by atoms with E-state index in [9.17, 15) is 43.2 Å². The average Bonchev–Trinajstić information content (AvgIpc) is 1.63. The first-order valence-corrected chi connectivity index (χ1v) is 31.1. The molecule has 3 atom stereocenters. The third kappa shape index (κ3) is 29.3. The van der Waals surface area contributed by atoms with Gasteiger partial charge in [-0.3, -0.25) is 40.7 Å².